The summed E-state index contributed by atoms with van der Waals surface area (Å²) in [4.78, 5) is 4.96. The highest BCUT2D eigenvalue weighted by Gasteiger charge is 2.34. The predicted molar refractivity (Wildman–Crippen MR) is 104 cm³/mol. The van der Waals surface area contributed by atoms with Gasteiger partial charge in [0.25, 0.3) is 0 Å². The van der Waals surface area contributed by atoms with Crippen molar-refractivity contribution in [2.45, 2.75) is 31.8 Å². The molecule has 1 saturated heterocycles. The molecule has 2 aromatic rings. The lowest BCUT2D eigenvalue weighted by Crippen LogP contribution is -2.44. The van der Waals surface area contributed by atoms with Crippen molar-refractivity contribution in [3.05, 3.63) is 53.6 Å². The summed E-state index contributed by atoms with van der Waals surface area (Å²) in [5.74, 6) is 2.85. The fraction of sp³-hybridized carbons (Fsp3) is 0.455. The van der Waals surface area contributed by atoms with Crippen LogP contribution in [0.15, 0.2) is 42.5 Å². The summed E-state index contributed by atoms with van der Waals surface area (Å²) in [5.41, 5.74) is 2.48. The molecule has 0 amide bonds. The van der Waals surface area contributed by atoms with Crippen molar-refractivity contribution < 1.29 is 9.47 Å². The Morgan fingerprint density at radius 3 is 2.50 bits per heavy atom. The van der Waals surface area contributed by atoms with Gasteiger partial charge in [0.2, 0.25) is 0 Å². The van der Waals surface area contributed by atoms with E-state index in [1.807, 2.05) is 19.1 Å². The molecule has 0 spiro atoms. The molecule has 26 heavy (non-hydrogen) atoms. The lowest BCUT2D eigenvalue weighted by Gasteiger charge is -2.42. The highest BCUT2D eigenvalue weighted by atomic mass is 16.5. The first-order chi connectivity index (χ1) is 12.7. The van der Waals surface area contributed by atoms with Crippen molar-refractivity contribution in [3.8, 4) is 17.2 Å². The molecule has 2 aliphatic rings. The number of fused-ring (bicyclic) bond motifs is 2. The van der Waals surface area contributed by atoms with Crippen LogP contribution in [0.3, 0.4) is 0 Å². The summed E-state index contributed by atoms with van der Waals surface area (Å²) in [6.07, 6.45) is 2.40. The maximum absolute atomic E-state index is 6.20. The average molecular weight is 352 g/mol. The van der Waals surface area contributed by atoms with E-state index >= 15 is 0 Å². The van der Waals surface area contributed by atoms with Crippen molar-refractivity contribution in [3.63, 3.8) is 0 Å². The van der Waals surface area contributed by atoms with Crippen LogP contribution in [0, 0.1) is 0 Å². The molecule has 0 radical (unpaired) electrons. The van der Waals surface area contributed by atoms with E-state index < -0.39 is 0 Å². The molecule has 2 heterocycles. The van der Waals surface area contributed by atoms with E-state index in [1.54, 1.807) is 0 Å². The lowest BCUT2D eigenvalue weighted by molar-refractivity contribution is 0.118. The van der Waals surface area contributed by atoms with E-state index in [9.17, 15) is 0 Å². The van der Waals surface area contributed by atoms with Crippen LogP contribution in [0.2, 0.25) is 0 Å². The summed E-state index contributed by atoms with van der Waals surface area (Å²) < 4.78 is 12.0. The normalized spacial score (nSPS) is 20.4. The number of hydrogen-bond donors (Lipinski definition) is 0. The smallest absolute Gasteiger partial charge is 0.132 e. The van der Waals surface area contributed by atoms with Crippen LogP contribution >= 0.6 is 0 Å². The Kier molecular flexibility index (Phi) is 4.88. The number of para-hydroxylation sites is 1. The van der Waals surface area contributed by atoms with Crippen LogP contribution < -0.4 is 9.47 Å². The van der Waals surface area contributed by atoms with E-state index in [0.29, 0.717) is 12.6 Å². The third-order valence-corrected chi connectivity index (χ3v) is 5.61. The zero-order valence-electron chi connectivity index (χ0n) is 15.9. The molecule has 138 valence electrons. The first-order valence-electron chi connectivity index (χ1n) is 9.61. The van der Waals surface area contributed by atoms with Gasteiger partial charge in [0.15, 0.2) is 0 Å². The maximum atomic E-state index is 6.20. The van der Waals surface area contributed by atoms with Gasteiger partial charge in [0.05, 0.1) is 12.6 Å². The number of ether oxygens (including phenoxy) is 2. The molecule has 4 nitrogen and oxygen atoms in total. The molecule has 0 saturated carbocycles. The Morgan fingerprint density at radius 2 is 1.77 bits per heavy atom. The fourth-order valence-electron chi connectivity index (χ4n) is 4.23. The summed E-state index contributed by atoms with van der Waals surface area (Å²) in [5, 5.41) is 0. The van der Waals surface area contributed by atoms with Gasteiger partial charge >= 0.3 is 0 Å². The molecular formula is C22H28N2O2. The van der Waals surface area contributed by atoms with Gasteiger partial charge in [-0.15, -0.1) is 0 Å². The Hall–Kier alpha value is -2.04. The summed E-state index contributed by atoms with van der Waals surface area (Å²) >= 11 is 0. The molecule has 2 aromatic carbocycles. The summed E-state index contributed by atoms with van der Waals surface area (Å²) in [6, 6.07) is 15.6. The molecule has 4 rings (SSSR count). The number of rotatable bonds is 4. The molecule has 4 heteroatoms. The SMILES string of the molecule is CCOc1ccc2c(c1)C(N1CCC(N(C)C)CC1)c1ccccc1O2. The maximum Gasteiger partial charge on any atom is 0.132 e. The summed E-state index contributed by atoms with van der Waals surface area (Å²) in [6.45, 7) is 4.89. The number of nitrogens with zero attached hydrogens (tertiary/aromatic N) is 2. The Morgan fingerprint density at radius 1 is 1.04 bits per heavy atom. The van der Waals surface area contributed by atoms with E-state index in [4.69, 9.17) is 9.47 Å². The molecule has 0 bridgehead atoms. The highest BCUT2D eigenvalue weighted by Crippen LogP contribution is 2.47. The number of hydrogen-bond acceptors (Lipinski definition) is 4. The van der Waals surface area contributed by atoms with Gasteiger partial charge in [-0.1, -0.05) is 18.2 Å². The minimum Gasteiger partial charge on any atom is -0.494 e. The summed E-state index contributed by atoms with van der Waals surface area (Å²) in [7, 11) is 4.38. The molecule has 0 aliphatic carbocycles. The van der Waals surface area contributed by atoms with E-state index in [0.717, 1.165) is 30.3 Å². The minimum atomic E-state index is 0.235. The fourth-order valence-corrected chi connectivity index (χ4v) is 4.23. The Labute approximate surface area is 156 Å². The standard InChI is InChI=1S/C22H28N2O2/c1-4-25-17-9-10-21-19(15-17)22(18-7-5-6-8-20(18)26-21)24-13-11-16(12-14-24)23(2)3/h5-10,15-16,22H,4,11-14H2,1-3H3. The molecule has 0 aromatic heterocycles. The van der Waals surface area contributed by atoms with Crippen molar-refractivity contribution in [1.82, 2.24) is 9.80 Å². The number of piperidine rings is 1. The van der Waals surface area contributed by atoms with Gasteiger partial charge in [0, 0.05) is 30.3 Å². The van der Waals surface area contributed by atoms with Crippen molar-refractivity contribution in [2.24, 2.45) is 0 Å². The van der Waals surface area contributed by atoms with Gasteiger partial charge in [0.1, 0.15) is 17.2 Å². The third-order valence-electron chi connectivity index (χ3n) is 5.61. The topological polar surface area (TPSA) is 24.9 Å². The lowest BCUT2D eigenvalue weighted by atomic mass is 9.90. The zero-order chi connectivity index (χ0) is 18.1. The second-order valence-corrected chi connectivity index (χ2v) is 7.41. The second-order valence-electron chi connectivity index (χ2n) is 7.41. The van der Waals surface area contributed by atoms with Gasteiger partial charge in [-0.3, -0.25) is 4.90 Å². The first kappa shape index (κ1) is 17.4. The van der Waals surface area contributed by atoms with E-state index in [1.165, 1.54) is 24.0 Å². The van der Waals surface area contributed by atoms with Gasteiger partial charge in [-0.2, -0.15) is 0 Å². The molecular weight excluding hydrogens is 324 g/mol. The van der Waals surface area contributed by atoms with Crippen LogP contribution in [0.1, 0.15) is 36.9 Å². The molecule has 1 unspecified atom stereocenters. The zero-order valence-corrected chi connectivity index (χ0v) is 15.9. The van der Waals surface area contributed by atoms with E-state index in [2.05, 4.69) is 54.2 Å². The molecule has 1 atom stereocenters. The highest BCUT2D eigenvalue weighted by molar-refractivity contribution is 5.55. The van der Waals surface area contributed by atoms with Crippen LogP contribution in [-0.2, 0) is 0 Å². The van der Waals surface area contributed by atoms with Crippen molar-refractivity contribution >= 4 is 0 Å². The molecule has 1 fully saturated rings. The monoisotopic (exact) mass is 352 g/mol. The molecule has 2 aliphatic heterocycles. The third kappa shape index (κ3) is 3.19. The van der Waals surface area contributed by atoms with Crippen LogP contribution in [-0.4, -0.2) is 49.6 Å². The van der Waals surface area contributed by atoms with Crippen molar-refractivity contribution in [1.29, 1.82) is 0 Å². The second kappa shape index (κ2) is 7.29. The van der Waals surface area contributed by atoms with Gasteiger partial charge in [-0.25, -0.2) is 0 Å². The average Bonchev–Trinajstić information content (AvgIpc) is 2.66. The quantitative estimate of drug-likeness (QED) is 0.819. The minimum absolute atomic E-state index is 0.235. The molecule has 0 N–H and O–H groups in total. The van der Waals surface area contributed by atoms with Crippen molar-refractivity contribution in [2.75, 3.05) is 33.8 Å². The van der Waals surface area contributed by atoms with Crippen LogP contribution in [0.4, 0.5) is 0 Å². The van der Waals surface area contributed by atoms with Crippen LogP contribution in [0.5, 0.6) is 17.2 Å². The van der Waals surface area contributed by atoms with Gasteiger partial charge in [-0.05, 0) is 58.1 Å². The van der Waals surface area contributed by atoms with Crippen LogP contribution in [0.25, 0.3) is 0 Å². The van der Waals surface area contributed by atoms with Gasteiger partial charge < -0.3 is 14.4 Å². The van der Waals surface area contributed by atoms with E-state index in [-0.39, 0.29) is 6.04 Å². The number of likely N-dealkylation sites (tertiary alicyclic amines) is 1. The Bertz CT molecular complexity index is 766. The Balaban J connectivity index is 1.70. The largest absolute Gasteiger partial charge is 0.494 e. The number of benzene rings is 2. The first-order valence-corrected chi connectivity index (χ1v) is 9.61. The predicted octanol–water partition coefficient (Wildman–Crippen LogP) is 4.31.